The predicted molar refractivity (Wildman–Crippen MR) is 41.2 cm³/mol. The highest BCUT2D eigenvalue weighted by atomic mass is 16.5. The highest BCUT2D eigenvalue weighted by Crippen LogP contribution is 2.03. The maximum absolute atomic E-state index is 10.0. The summed E-state index contributed by atoms with van der Waals surface area (Å²) in [5.41, 5.74) is 0. The number of nitrogens with one attached hydrogen (secondary N) is 2. The van der Waals surface area contributed by atoms with Crippen molar-refractivity contribution in [2.75, 3.05) is 6.54 Å². The zero-order chi connectivity index (χ0) is 8.97. The topological polar surface area (TPSA) is 70.6 Å². The van der Waals surface area contributed by atoms with Crippen LogP contribution in [0.4, 0.5) is 0 Å². The molecule has 0 aliphatic carbocycles. The summed E-state index contributed by atoms with van der Waals surface area (Å²) >= 11 is 0. The summed E-state index contributed by atoms with van der Waals surface area (Å²) in [6.45, 7) is 1.89. The van der Waals surface area contributed by atoms with Crippen LogP contribution in [-0.2, 0) is 9.53 Å². The Bertz CT molecular complexity index is 243. The largest absolute Gasteiger partial charge is 0.452 e. The second-order valence-corrected chi connectivity index (χ2v) is 2.32. The van der Waals surface area contributed by atoms with Crippen molar-refractivity contribution in [3.05, 3.63) is 17.7 Å². The molecule has 5 nitrogen and oxygen atoms in total. The molecule has 1 heterocycles. The maximum Gasteiger partial charge on any atom is 0.184 e. The van der Waals surface area contributed by atoms with E-state index in [0.717, 1.165) is 0 Å². The second-order valence-electron chi connectivity index (χ2n) is 2.32. The van der Waals surface area contributed by atoms with E-state index in [0.29, 0.717) is 12.3 Å². The lowest BCUT2D eigenvalue weighted by Gasteiger charge is -2.20. The van der Waals surface area contributed by atoms with Crippen LogP contribution in [-0.4, -0.2) is 23.9 Å². The molecular weight excluding hydrogens is 160 g/mol. The first-order valence-electron chi connectivity index (χ1n) is 3.48. The van der Waals surface area contributed by atoms with Gasteiger partial charge in [-0.2, -0.15) is 0 Å². The maximum atomic E-state index is 10.0. The monoisotopic (exact) mass is 170 g/mol. The van der Waals surface area contributed by atoms with E-state index in [9.17, 15) is 4.79 Å². The molecule has 66 valence electrons. The van der Waals surface area contributed by atoms with Crippen molar-refractivity contribution in [3.8, 4) is 0 Å². The van der Waals surface area contributed by atoms with Crippen LogP contribution in [0.1, 0.15) is 6.92 Å². The number of hydrogen-bond acceptors (Lipinski definition) is 5. The number of aliphatic hydroxyl groups excluding tert-OH is 1. The van der Waals surface area contributed by atoms with Gasteiger partial charge in [-0.1, -0.05) is 0 Å². The molecule has 12 heavy (non-hydrogen) atoms. The standard InChI is InChI=1S/C7H10N2O3/c1-5(4-10)12-6-2-8-7(11)9-3-6/h2,7-9,11H,3H2,1H3. The highest BCUT2D eigenvalue weighted by Gasteiger charge is 2.10. The van der Waals surface area contributed by atoms with E-state index < -0.39 is 6.35 Å². The van der Waals surface area contributed by atoms with Crippen molar-refractivity contribution >= 4 is 5.94 Å². The molecule has 0 bridgehead atoms. The molecule has 0 spiro atoms. The van der Waals surface area contributed by atoms with Crippen molar-refractivity contribution in [2.24, 2.45) is 0 Å². The van der Waals surface area contributed by atoms with E-state index >= 15 is 0 Å². The third-order valence-corrected chi connectivity index (χ3v) is 1.30. The Morgan fingerprint density at radius 1 is 1.92 bits per heavy atom. The fourth-order valence-electron chi connectivity index (χ4n) is 0.762. The summed E-state index contributed by atoms with van der Waals surface area (Å²) in [5, 5.41) is 14.2. The Kier molecular flexibility index (Phi) is 2.88. The van der Waals surface area contributed by atoms with Gasteiger partial charge in [-0.05, 0) is 0 Å². The van der Waals surface area contributed by atoms with Crippen molar-refractivity contribution in [2.45, 2.75) is 13.3 Å². The van der Waals surface area contributed by atoms with E-state index in [1.807, 2.05) is 0 Å². The average Bonchev–Trinajstić information content (AvgIpc) is 2.09. The number of rotatable bonds is 2. The Hall–Kier alpha value is -1.29. The molecule has 1 unspecified atom stereocenters. The summed E-state index contributed by atoms with van der Waals surface area (Å²) in [7, 11) is 0. The molecule has 0 amide bonds. The van der Waals surface area contributed by atoms with E-state index in [-0.39, 0.29) is 5.76 Å². The summed E-state index contributed by atoms with van der Waals surface area (Å²) in [6.07, 6.45) is 0.750. The zero-order valence-corrected chi connectivity index (χ0v) is 6.63. The van der Waals surface area contributed by atoms with Crippen LogP contribution in [0.2, 0.25) is 0 Å². The van der Waals surface area contributed by atoms with Crippen molar-refractivity contribution < 1.29 is 14.6 Å². The first kappa shape index (κ1) is 8.80. The third kappa shape index (κ3) is 2.39. The molecule has 3 N–H and O–H groups in total. The molecule has 0 aromatic heterocycles. The fourth-order valence-corrected chi connectivity index (χ4v) is 0.762. The summed E-state index contributed by atoms with van der Waals surface area (Å²) in [4.78, 5) is 10.0. The molecule has 1 atom stereocenters. The van der Waals surface area contributed by atoms with E-state index in [4.69, 9.17) is 9.84 Å². The Balaban J connectivity index is 2.49. The lowest BCUT2D eigenvalue weighted by Crippen LogP contribution is -2.44. The molecule has 0 aromatic rings. The van der Waals surface area contributed by atoms with Crippen LogP contribution < -0.4 is 10.6 Å². The lowest BCUT2D eigenvalue weighted by atomic mass is 10.4. The number of ether oxygens (including phenoxy) is 1. The Morgan fingerprint density at radius 3 is 3.17 bits per heavy atom. The van der Waals surface area contributed by atoms with Crippen LogP contribution in [0.25, 0.3) is 0 Å². The van der Waals surface area contributed by atoms with Gasteiger partial charge in [0.2, 0.25) is 0 Å². The van der Waals surface area contributed by atoms with Crippen LogP contribution >= 0.6 is 0 Å². The molecule has 0 radical (unpaired) electrons. The normalized spacial score (nSPS) is 21.8. The molecule has 1 aliphatic heterocycles. The minimum absolute atomic E-state index is 0.168. The van der Waals surface area contributed by atoms with Crippen molar-refractivity contribution in [3.63, 3.8) is 0 Å². The molecule has 1 rings (SSSR count). The van der Waals surface area contributed by atoms with Crippen LogP contribution in [0, 0.1) is 0 Å². The third-order valence-electron chi connectivity index (χ3n) is 1.30. The van der Waals surface area contributed by atoms with Crippen LogP contribution in [0.5, 0.6) is 0 Å². The van der Waals surface area contributed by atoms with Gasteiger partial charge in [0.05, 0.1) is 6.54 Å². The highest BCUT2D eigenvalue weighted by molar-refractivity contribution is 5.48. The average molecular weight is 170 g/mol. The molecule has 0 fully saturated rings. The number of allylic oxidation sites excluding steroid dienone is 1. The van der Waals surface area contributed by atoms with Crippen molar-refractivity contribution in [1.29, 1.82) is 0 Å². The van der Waals surface area contributed by atoms with Crippen molar-refractivity contribution in [1.82, 2.24) is 10.6 Å². The van der Waals surface area contributed by atoms with E-state index in [2.05, 4.69) is 10.6 Å². The molecule has 1 aliphatic rings. The van der Waals surface area contributed by atoms with Gasteiger partial charge in [0.1, 0.15) is 5.76 Å². The summed E-state index contributed by atoms with van der Waals surface area (Å²) < 4.78 is 5.01. The van der Waals surface area contributed by atoms with Crippen LogP contribution in [0.15, 0.2) is 17.7 Å². The van der Waals surface area contributed by atoms with Gasteiger partial charge < -0.3 is 15.2 Å². The molecule has 0 saturated carbocycles. The van der Waals surface area contributed by atoms with Gasteiger partial charge in [0.25, 0.3) is 0 Å². The SMILES string of the molecule is CC(=C=O)OC1=CNC(O)NC1. The molecule has 0 aromatic carbocycles. The first-order chi connectivity index (χ1) is 5.72. The Labute approximate surface area is 69.7 Å². The van der Waals surface area contributed by atoms with Gasteiger partial charge in [-0.25, -0.2) is 4.79 Å². The summed E-state index contributed by atoms with van der Waals surface area (Å²) in [6, 6.07) is 0. The molecular formula is C7H10N2O3. The lowest BCUT2D eigenvalue weighted by molar-refractivity contribution is 0.102. The van der Waals surface area contributed by atoms with E-state index in [1.54, 1.807) is 5.94 Å². The Morgan fingerprint density at radius 2 is 2.67 bits per heavy atom. The van der Waals surface area contributed by atoms with E-state index in [1.165, 1.54) is 13.1 Å². The molecule has 0 saturated heterocycles. The number of hydrogen-bond donors (Lipinski definition) is 3. The van der Waals surface area contributed by atoms with Gasteiger partial charge in [0.15, 0.2) is 18.1 Å². The minimum atomic E-state index is -0.752. The second kappa shape index (κ2) is 3.92. The number of aliphatic hydroxyl groups is 1. The zero-order valence-electron chi connectivity index (χ0n) is 6.63. The van der Waals surface area contributed by atoms with Gasteiger partial charge in [0, 0.05) is 13.1 Å². The predicted octanol–water partition coefficient (Wildman–Crippen LogP) is -0.952. The molecule has 5 heteroatoms. The summed E-state index contributed by atoms with van der Waals surface area (Å²) in [5.74, 6) is 2.32. The van der Waals surface area contributed by atoms with Gasteiger partial charge in [-0.3, -0.25) is 5.32 Å². The first-order valence-corrected chi connectivity index (χ1v) is 3.48. The number of carbonyl (C=O) groups excluding carboxylic acids is 1. The minimum Gasteiger partial charge on any atom is -0.452 e. The van der Waals surface area contributed by atoms with Gasteiger partial charge in [-0.15, -0.1) is 0 Å². The smallest absolute Gasteiger partial charge is 0.184 e. The van der Waals surface area contributed by atoms with Gasteiger partial charge >= 0.3 is 0 Å². The fraction of sp³-hybridized carbons (Fsp3) is 0.429. The quantitative estimate of drug-likeness (QED) is 0.368. The van der Waals surface area contributed by atoms with Crippen LogP contribution in [0.3, 0.4) is 0 Å².